The topological polar surface area (TPSA) is 29.9 Å². The van der Waals surface area contributed by atoms with Crippen LogP contribution in [0.15, 0.2) is 12.3 Å². The Morgan fingerprint density at radius 3 is 2.89 bits per heavy atom. The van der Waals surface area contributed by atoms with E-state index in [1.54, 1.807) is 0 Å². The molecule has 3 heteroatoms. The Hall–Kier alpha value is -0.830. The summed E-state index contributed by atoms with van der Waals surface area (Å²) < 4.78 is 2.02. The molecular formula is C16H29N3. The van der Waals surface area contributed by atoms with Gasteiger partial charge < -0.3 is 5.32 Å². The first kappa shape index (κ1) is 14.6. The molecule has 1 aliphatic carbocycles. The Morgan fingerprint density at radius 2 is 2.21 bits per heavy atom. The number of nitrogens with zero attached hydrogens (tertiary/aromatic N) is 2. The Morgan fingerprint density at radius 1 is 1.37 bits per heavy atom. The standard InChI is InChI=1S/C16H29N3/c1-4-17-12-15-6-5-13(2)11-14(15)7-8-16-9-10-18-19(16)3/h9-10,13-15,17H,4-8,11-12H2,1-3H3. The third-order valence-corrected chi connectivity index (χ3v) is 4.75. The van der Waals surface area contributed by atoms with Crippen molar-refractivity contribution in [1.82, 2.24) is 15.1 Å². The molecule has 0 saturated heterocycles. The summed E-state index contributed by atoms with van der Waals surface area (Å²) in [7, 11) is 2.05. The van der Waals surface area contributed by atoms with Gasteiger partial charge in [0.25, 0.3) is 0 Å². The van der Waals surface area contributed by atoms with Crippen molar-refractivity contribution in [2.24, 2.45) is 24.8 Å². The minimum Gasteiger partial charge on any atom is -0.317 e. The van der Waals surface area contributed by atoms with E-state index in [4.69, 9.17) is 0 Å². The molecule has 1 fully saturated rings. The Bertz CT molecular complexity index is 370. The highest BCUT2D eigenvalue weighted by atomic mass is 15.2. The maximum atomic E-state index is 4.27. The largest absolute Gasteiger partial charge is 0.317 e. The molecule has 1 N–H and O–H groups in total. The van der Waals surface area contributed by atoms with E-state index in [1.807, 2.05) is 10.9 Å². The second-order valence-electron chi connectivity index (χ2n) is 6.23. The van der Waals surface area contributed by atoms with Gasteiger partial charge in [0.2, 0.25) is 0 Å². The van der Waals surface area contributed by atoms with Crippen molar-refractivity contribution in [3.05, 3.63) is 18.0 Å². The lowest BCUT2D eigenvalue weighted by Crippen LogP contribution is -2.33. The van der Waals surface area contributed by atoms with Crippen molar-refractivity contribution in [1.29, 1.82) is 0 Å². The van der Waals surface area contributed by atoms with Crippen LogP contribution in [-0.2, 0) is 13.5 Å². The highest BCUT2D eigenvalue weighted by Crippen LogP contribution is 2.36. The van der Waals surface area contributed by atoms with Crippen LogP contribution >= 0.6 is 0 Å². The van der Waals surface area contributed by atoms with Gasteiger partial charge in [0, 0.05) is 18.9 Å². The molecule has 0 aliphatic heterocycles. The van der Waals surface area contributed by atoms with Crippen molar-refractivity contribution < 1.29 is 0 Å². The molecule has 0 bridgehead atoms. The molecule has 1 heterocycles. The van der Waals surface area contributed by atoms with Crippen molar-refractivity contribution in [2.75, 3.05) is 13.1 Å². The molecule has 19 heavy (non-hydrogen) atoms. The predicted octanol–water partition coefficient (Wildman–Crippen LogP) is 3.01. The van der Waals surface area contributed by atoms with Crippen LogP contribution in [0, 0.1) is 17.8 Å². The lowest BCUT2D eigenvalue weighted by Gasteiger charge is -2.35. The predicted molar refractivity (Wildman–Crippen MR) is 80.1 cm³/mol. The van der Waals surface area contributed by atoms with E-state index in [9.17, 15) is 0 Å². The van der Waals surface area contributed by atoms with Crippen LogP contribution in [0.2, 0.25) is 0 Å². The third kappa shape index (κ3) is 4.07. The van der Waals surface area contributed by atoms with Gasteiger partial charge in [0.05, 0.1) is 0 Å². The van der Waals surface area contributed by atoms with Gasteiger partial charge in [-0.3, -0.25) is 4.68 Å². The highest BCUT2D eigenvalue weighted by Gasteiger charge is 2.28. The molecular weight excluding hydrogens is 234 g/mol. The molecule has 1 saturated carbocycles. The average Bonchev–Trinajstić information content (AvgIpc) is 2.81. The number of hydrogen-bond donors (Lipinski definition) is 1. The van der Waals surface area contributed by atoms with Gasteiger partial charge in [-0.2, -0.15) is 5.10 Å². The fourth-order valence-electron chi connectivity index (χ4n) is 3.49. The fourth-order valence-corrected chi connectivity index (χ4v) is 3.49. The molecule has 0 amide bonds. The lowest BCUT2D eigenvalue weighted by atomic mass is 9.72. The second kappa shape index (κ2) is 7.09. The van der Waals surface area contributed by atoms with Crippen LogP contribution < -0.4 is 5.32 Å². The van der Waals surface area contributed by atoms with Crippen LogP contribution in [-0.4, -0.2) is 22.9 Å². The summed E-state index contributed by atoms with van der Waals surface area (Å²) in [5.74, 6) is 2.68. The number of aryl methyl sites for hydroxylation is 2. The molecule has 2 rings (SSSR count). The molecule has 0 spiro atoms. The van der Waals surface area contributed by atoms with Crippen LogP contribution in [0.25, 0.3) is 0 Å². The van der Waals surface area contributed by atoms with Crippen LogP contribution in [0.3, 0.4) is 0 Å². The van der Waals surface area contributed by atoms with Crippen molar-refractivity contribution in [3.8, 4) is 0 Å². The van der Waals surface area contributed by atoms with Gasteiger partial charge in [-0.15, -0.1) is 0 Å². The maximum absolute atomic E-state index is 4.27. The Kier molecular flexibility index (Phi) is 5.44. The molecule has 1 aromatic heterocycles. The second-order valence-corrected chi connectivity index (χ2v) is 6.23. The van der Waals surface area contributed by atoms with Crippen LogP contribution in [0.4, 0.5) is 0 Å². The molecule has 3 nitrogen and oxygen atoms in total. The normalized spacial score (nSPS) is 27.6. The summed E-state index contributed by atoms with van der Waals surface area (Å²) in [6, 6.07) is 2.16. The van der Waals surface area contributed by atoms with Gasteiger partial charge in [-0.25, -0.2) is 0 Å². The first-order valence-corrected chi connectivity index (χ1v) is 7.88. The van der Waals surface area contributed by atoms with Gasteiger partial charge in [-0.05, 0) is 62.6 Å². The number of hydrogen-bond acceptors (Lipinski definition) is 2. The quantitative estimate of drug-likeness (QED) is 0.855. The summed E-state index contributed by atoms with van der Waals surface area (Å²) in [5.41, 5.74) is 1.38. The van der Waals surface area contributed by atoms with E-state index < -0.39 is 0 Å². The monoisotopic (exact) mass is 263 g/mol. The molecule has 1 aliphatic rings. The van der Waals surface area contributed by atoms with E-state index >= 15 is 0 Å². The molecule has 0 radical (unpaired) electrons. The van der Waals surface area contributed by atoms with E-state index in [2.05, 4.69) is 37.4 Å². The van der Waals surface area contributed by atoms with Crippen molar-refractivity contribution >= 4 is 0 Å². The van der Waals surface area contributed by atoms with Crippen LogP contribution in [0.1, 0.15) is 45.2 Å². The number of rotatable bonds is 6. The molecule has 0 aromatic carbocycles. The van der Waals surface area contributed by atoms with Gasteiger partial charge in [-0.1, -0.05) is 20.3 Å². The zero-order valence-corrected chi connectivity index (χ0v) is 12.7. The number of nitrogens with one attached hydrogen (secondary N) is 1. The zero-order valence-electron chi connectivity index (χ0n) is 12.7. The third-order valence-electron chi connectivity index (χ3n) is 4.75. The maximum Gasteiger partial charge on any atom is 0.0492 e. The molecule has 3 unspecified atom stereocenters. The minimum absolute atomic E-state index is 0.879. The summed E-state index contributed by atoms with van der Waals surface area (Å²) in [6.45, 7) is 6.93. The zero-order chi connectivity index (χ0) is 13.7. The van der Waals surface area contributed by atoms with E-state index in [1.165, 1.54) is 44.3 Å². The average molecular weight is 263 g/mol. The van der Waals surface area contributed by atoms with E-state index in [0.29, 0.717) is 0 Å². The Balaban J connectivity index is 1.88. The minimum atomic E-state index is 0.879. The smallest absolute Gasteiger partial charge is 0.0492 e. The van der Waals surface area contributed by atoms with Gasteiger partial charge in [0.1, 0.15) is 0 Å². The summed E-state index contributed by atoms with van der Waals surface area (Å²) >= 11 is 0. The van der Waals surface area contributed by atoms with Crippen molar-refractivity contribution in [3.63, 3.8) is 0 Å². The SMILES string of the molecule is CCNCC1CCC(C)CC1CCc1ccnn1C. The molecule has 108 valence electrons. The first-order chi connectivity index (χ1) is 9.20. The summed E-state index contributed by atoms with van der Waals surface area (Å²) in [6.07, 6.45) is 8.64. The van der Waals surface area contributed by atoms with Gasteiger partial charge in [0.15, 0.2) is 0 Å². The number of aromatic nitrogens is 2. The lowest BCUT2D eigenvalue weighted by molar-refractivity contribution is 0.175. The van der Waals surface area contributed by atoms with E-state index in [0.717, 1.165) is 24.3 Å². The first-order valence-electron chi connectivity index (χ1n) is 7.88. The highest BCUT2D eigenvalue weighted by molar-refractivity contribution is 5.00. The Labute approximate surface area is 117 Å². The van der Waals surface area contributed by atoms with Crippen molar-refractivity contribution in [2.45, 2.75) is 46.0 Å². The van der Waals surface area contributed by atoms with Crippen LogP contribution in [0.5, 0.6) is 0 Å². The fraction of sp³-hybridized carbons (Fsp3) is 0.812. The van der Waals surface area contributed by atoms with E-state index in [-0.39, 0.29) is 0 Å². The van der Waals surface area contributed by atoms with Gasteiger partial charge >= 0.3 is 0 Å². The summed E-state index contributed by atoms with van der Waals surface area (Å²) in [5, 5.41) is 7.82. The molecule has 1 aromatic rings. The summed E-state index contributed by atoms with van der Waals surface area (Å²) in [4.78, 5) is 0. The molecule has 3 atom stereocenters.